The molecule has 0 amide bonds. The lowest BCUT2D eigenvalue weighted by atomic mass is 9.65. The second-order valence-corrected chi connectivity index (χ2v) is 9.85. The fourth-order valence-corrected chi connectivity index (χ4v) is 6.95. The first kappa shape index (κ1) is 18.2. The monoisotopic (exact) mass is 478 g/mol. The Kier molecular flexibility index (Phi) is 3.95. The van der Waals surface area contributed by atoms with Crippen LogP contribution in [0.5, 0.6) is 5.75 Å². The molecule has 3 nitrogen and oxygen atoms in total. The molecule has 0 saturated heterocycles. The smallest absolute Gasteiger partial charge is 0.319 e. The number of Topliss-reactive ketones (excluding diaryl/α,β-unsaturated/α-hetero) is 1. The summed E-state index contributed by atoms with van der Waals surface area (Å²) < 4.78 is 6.65. The lowest BCUT2D eigenvalue weighted by Crippen LogP contribution is -2.47. The Morgan fingerprint density at radius 1 is 1.12 bits per heavy atom. The van der Waals surface area contributed by atoms with Gasteiger partial charge in [-0.05, 0) is 51.0 Å². The standard InChI is InChI=1S/C21H20Br2O3/c1-19(2)20(3)10-11-21(19,16(23)17(20)24)18(25)26-14-9-8-12-6-4-5-7-13(12)15(14)22/h4-9,16H,10-11H2,1-3H3. The molecule has 0 aliphatic heterocycles. The summed E-state index contributed by atoms with van der Waals surface area (Å²) in [4.78, 5) is 25.7. The summed E-state index contributed by atoms with van der Waals surface area (Å²) >= 11 is 7.12. The van der Waals surface area contributed by atoms with Crippen molar-refractivity contribution in [3.63, 3.8) is 0 Å². The van der Waals surface area contributed by atoms with Gasteiger partial charge in [0, 0.05) is 5.41 Å². The molecule has 0 N–H and O–H groups in total. The first-order chi connectivity index (χ1) is 12.2. The van der Waals surface area contributed by atoms with Crippen molar-refractivity contribution in [2.75, 3.05) is 0 Å². The predicted octanol–water partition coefficient (Wildman–Crippen LogP) is 5.67. The highest BCUT2D eigenvalue weighted by molar-refractivity contribution is 9.10. The summed E-state index contributed by atoms with van der Waals surface area (Å²) in [6.07, 6.45) is 1.37. The van der Waals surface area contributed by atoms with Crippen molar-refractivity contribution in [1.82, 2.24) is 0 Å². The average molecular weight is 480 g/mol. The van der Waals surface area contributed by atoms with E-state index in [1.807, 2.05) is 57.2 Å². The molecule has 2 saturated carbocycles. The molecule has 3 unspecified atom stereocenters. The number of esters is 1. The van der Waals surface area contributed by atoms with Gasteiger partial charge in [-0.25, -0.2) is 0 Å². The molecule has 2 aromatic rings. The molecule has 2 fully saturated rings. The molecule has 26 heavy (non-hydrogen) atoms. The quantitative estimate of drug-likeness (QED) is 0.316. The highest BCUT2D eigenvalue weighted by atomic mass is 79.9. The second-order valence-electron chi connectivity index (χ2n) is 8.14. The van der Waals surface area contributed by atoms with Gasteiger partial charge in [0.25, 0.3) is 0 Å². The summed E-state index contributed by atoms with van der Waals surface area (Å²) in [6, 6.07) is 11.7. The summed E-state index contributed by atoms with van der Waals surface area (Å²) in [5.74, 6) is 0.282. The number of ether oxygens (including phenoxy) is 1. The number of hydrogen-bond donors (Lipinski definition) is 0. The van der Waals surface area contributed by atoms with Crippen molar-refractivity contribution in [2.24, 2.45) is 16.2 Å². The Hall–Kier alpha value is -1.20. The number of halogens is 2. The second kappa shape index (κ2) is 5.65. The molecular weight excluding hydrogens is 460 g/mol. The largest absolute Gasteiger partial charge is 0.425 e. The fraction of sp³-hybridized carbons (Fsp3) is 0.429. The molecule has 0 spiro atoms. The number of fused-ring (bicyclic) bond motifs is 3. The van der Waals surface area contributed by atoms with Gasteiger partial charge in [0.05, 0.1) is 14.7 Å². The highest BCUT2D eigenvalue weighted by Gasteiger charge is 2.77. The van der Waals surface area contributed by atoms with Crippen molar-refractivity contribution in [3.05, 3.63) is 40.9 Å². The third-order valence-corrected chi connectivity index (χ3v) is 9.13. The number of benzene rings is 2. The number of rotatable bonds is 2. The summed E-state index contributed by atoms with van der Waals surface area (Å²) in [5, 5.41) is 2.06. The van der Waals surface area contributed by atoms with Gasteiger partial charge in [-0.15, -0.1) is 0 Å². The molecule has 2 aliphatic carbocycles. The van der Waals surface area contributed by atoms with Gasteiger partial charge < -0.3 is 4.74 Å². The normalized spacial score (nSPS) is 32.2. The van der Waals surface area contributed by atoms with Crippen LogP contribution in [0.25, 0.3) is 10.8 Å². The minimum absolute atomic E-state index is 0.114. The molecule has 2 bridgehead atoms. The van der Waals surface area contributed by atoms with E-state index in [1.165, 1.54) is 0 Å². The Labute approximate surface area is 169 Å². The molecular formula is C21H20Br2O3. The summed E-state index contributed by atoms with van der Waals surface area (Å²) in [6.45, 7) is 6.03. The molecule has 0 radical (unpaired) electrons. The van der Waals surface area contributed by atoms with E-state index in [0.717, 1.165) is 21.7 Å². The minimum Gasteiger partial charge on any atom is -0.425 e. The van der Waals surface area contributed by atoms with Crippen LogP contribution in [0.1, 0.15) is 33.6 Å². The first-order valence-electron chi connectivity index (χ1n) is 8.75. The van der Waals surface area contributed by atoms with Crippen LogP contribution in [0.2, 0.25) is 0 Å². The van der Waals surface area contributed by atoms with Crippen molar-refractivity contribution in [1.29, 1.82) is 0 Å². The Balaban J connectivity index is 1.76. The average Bonchev–Trinajstić information content (AvgIpc) is 2.89. The van der Waals surface area contributed by atoms with Crippen molar-refractivity contribution >= 4 is 54.4 Å². The predicted molar refractivity (Wildman–Crippen MR) is 109 cm³/mol. The minimum atomic E-state index is -0.843. The Morgan fingerprint density at radius 2 is 1.81 bits per heavy atom. The van der Waals surface area contributed by atoms with E-state index in [9.17, 15) is 9.59 Å². The van der Waals surface area contributed by atoms with Crippen molar-refractivity contribution in [3.8, 4) is 5.75 Å². The molecule has 2 aromatic carbocycles. The van der Waals surface area contributed by atoms with Crippen LogP contribution >= 0.6 is 31.9 Å². The van der Waals surface area contributed by atoms with E-state index >= 15 is 0 Å². The molecule has 136 valence electrons. The van der Waals surface area contributed by atoms with E-state index in [0.29, 0.717) is 12.2 Å². The fourth-order valence-electron chi connectivity index (χ4n) is 4.89. The molecule has 3 atom stereocenters. The zero-order chi connectivity index (χ0) is 18.9. The van der Waals surface area contributed by atoms with Crippen LogP contribution in [-0.4, -0.2) is 16.6 Å². The summed E-state index contributed by atoms with van der Waals surface area (Å²) in [7, 11) is 0. The number of hydrogen-bond acceptors (Lipinski definition) is 3. The zero-order valence-corrected chi connectivity index (χ0v) is 18.1. The third kappa shape index (κ3) is 1.99. The van der Waals surface area contributed by atoms with Gasteiger partial charge in [-0.2, -0.15) is 0 Å². The van der Waals surface area contributed by atoms with Gasteiger partial charge >= 0.3 is 5.97 Å². The number of alkyl halides is 1. The maximum atomic E-state index is 13.4. The molecule has 4 rings (SSSR count). The van der Waals surface area contributed by atoms with E-state index in [1.54, 1.807) is 0 Å². The number of ketones is 1. The van der Waals surface area contributed by atoms with Crippen LogP contribution in [0, 0.1) is 16.2 Å². The van der Waals surface area contributed by atoms with Gasteiger partial charge in [-0.1, -0.05) is 67.0 Å². The maximum Gasteiger partial charge on any atom is 0.319 e. The molecule has 0 aromatic heterocycles. The van der Waals surface area contributed by atoms with Crippen molar-refractivity contribution in [2.45, 2.75) is 38.4 Å². The number of carbonyl (C=O) groups is 2. The van der Waals surface area contributed by atoms with Gasteiger partial charge in [0.1, 0.15) is 5.75 Å². The van der Waals surface area contributed by atoms with Crippen molar-refractivity contribution < 1.29 is 14.3 Å². The zero-order valence-electron chi connectivity index (χ0n) is 14.9. The van der Waals surface area contributed by atoms with Crippen LogP contribution in [0.3, 0.4) is 0 Å². The summed E-state index contributed by atoms with van der Waals surface area (Å²) in [5.41, 5.74) is -1.81. The van der Waals surface area contributed by atoms with Crippen LogP contribution in [0.15, 0.2) is 40.9 Å². The van der Waals surface area contributed by atoms with Gasteiger partial charge in [-0.3, -0.25) is 9.59 Å². The Bertz CT molecular complexity index is 951. The maximum absolute atomic E-state index is 13.4. The van der Waals surface area contributed by atoms with E-state index in [4.69, 9.17) is 4.74 Å². The first-order valence-corrected chi connectivity index (χ1v) is 10.5. The van der Waals surface area contributed by atoms with Gasteiger partial charge in [0.15, 0.2) is 5.78 Å². The van der Waals surface area contributed by atoms with Crippen LogP contribution < -0.4 is 4.74 Å². The van der Waals surface area contributed by atoms with E-state index in [2.05, 4.69) is 31.9 Å². The lowest BCUT2D eigenvalue weighted by molar-refractivity contribution is -0.151. The van der Waals surface area contributed by atoms with Gasteiger partial charge in [0.2, 0.25) is 0 Å². The van der Waals surface area contributed by atoms with Crippen LogP contribution in [-0.2, 0) is 9.59 Å². The van der Waals surface area contributed by atoms with Crippen LogP contribution in [0.4, 0.5) is 0 Å². The number of carbonyl (C=O) groups excluding carboxylic acids is 2. The van der Waals surface area contributed by atoms with E-state index < -0.39 is 21.1 Å². The highest BCUT2D eigenvalue weighted by Crippen LogP contribution is 2.72. The SMILES string of the molecule is CC12CCC(C(=O)Oc3ccc4ccccc4c3Br)(C(Br)C1=O)C2(C)C. The molecule has 0 heterocycles. The van der Waals surface area contributed by atoms with E-state index in [-0.39, 0.29) is 11.8 Å². The Morgan fingerprint density at radius 3 is 2.46 bits per heavy atom. The molecule has 2 aliphatic rings. The third-order valence-electron chi connectivity index (χ3n) is 7.12. The topological polar surface area (TPSA) is 43.4 Å². The molecule has 5 heteroatoms. The lowest BCUT2D eigenvalue weighted by Gasteiger charge is -2.38.